The van der Waals surface area contributed by atoms with E-state index >= 15 is 0 Å². The molecule has 1 aliphatic rings. The number of rotatable bonds is 6. The third-order valence-electron chi connectivity index (χ3n) is 5.57. The molecule has 1 aliphatic heterocycles. The van der Waals surface area contributed by atoms with Gasteiger partial charge in [0.15, 0.2) is 6.10 Å². The molecule has 2 atom stereocenters. The lowest BCUT2D eigenvalue weighted by atomic mass is 10.1. The SMILES string of the molecule is COc1ccccc1[C@@H](C)NC(=O)[C@H]1CN(S(=O)(=O)c2ccccc2)c2cc(C)ccc2O1. The van der Waals surface area contributed by atoms with Crippen LogP contribution >= 0.6 is 0 Å². The van der Waals surface area contributed by atoms with Crippen molar-refractivity contribution in [3.63, 3.8) is 0 Å². The van der Waals surface area contributed by atoms with Gasteiger partial charge in [0.1, 0.15) is 11.5 Å². The van der Waals surface area contributed by atoms with E-state index in [-0.39, 0.29) is 17.5 Å². The third-order valence-corrected chi connectivity index (χ3v) is 7.37. The number of anilines is 1. The molecule has 0 aromatic heterocycles. The minimum Gasteiger partial charge on any atom is -0.496 e. The van der Waals surface area contributed by atoms with E-state index in [4.69, 9.17) is 9.47 Å². The van der Waals surface area contributed by atoms with E-state index in [1.807, 2.05) is 44.2 Å². The maximum atomic E-state index is 13.5. The molecule has 8 heteroatoms. The van der Waals surface area contributed by atoms with Crippen molar-refractivity contribution in [2.24, 2.45) is 0 Å². The van der Waals surface area contributed by atoms with Gasteiger partial charge in [0.05, 0.1) is 30.3 Å². The van der Waals surface area contributed by atoms with Crippen LogP contribution in [0.5, 0.6) is 11.5 Å². The molecule has 0 saturated heterocycles. The summed E-state index contributed by atoms with van der Waals surface area (Å²) in [6.07, 6.45) is -1.02. The van der Waals surface area contributed by atoms with Gasteiger partial charge in [-0.2, -0.15) is 0 Å². The number of amides is 1. The molecule has 3 aromatic carbocycles. The Hall–Kier alpha value is -3.52. The first kappa shape index (κ1) is 22.7. The van der Waals surface area contributed by atoms with Crippen LogP contribution in [0.3, 0.4) is 0 Å². The number of hydrogen-bond donors (Lipinski definition) is 1. The van der Waals surface area contributed by atoms with Gasteiger partial charge in [0.25, 0.3) is 15.9 Å². The van der Waals surface area contributed by atoms with E-state index in [2.05, 4.69) is 5.32 Å². The second kappa shape index (κ2) is 9.15. The zero-order valence-corrected chi connectivity index (χ0v) is 19.5. The maximum Gasteiger partial charge on any atom is 0.264 e. The van der Waals surface area contributed by atoms with Crippen molar-refractivity contribution in [1.29, 1.82) is 0 Å². The lowest BCUT2D eigenvalue weighted by molar-refractivity contribution is -0.128. The number of benzene rings is 3. The quantitative estimate of drug-likeness (QED) is 0.597. The van der Waals surface area contributed by atoms with Gasteiger partial charge in [-0.3, -0.25) is 9.10 Å². The molecule has 33 heavy (non-hydrogen) atoms. The molecule has 0 fully saturated rings. The summed E-state index contributed by atoms with van der Waals surface area (Å²) in [5.41, 5.74) is 2.12. The number of hydrogen-bond acceptors (Lipinski definition) is 5. The largest absolute Gasteiger partial charge is 0.496 e. The fraction of sp³-hybridized carbons (Fsp3) is 0.240. The van der Waals surface area contributed by atoms with E-state index in [0.717, 1.165) is 11.1 Å². The van der Waals surface area contributed by atoms with E-state index in [0.29, 0.717) is 17.2 Å². The molecule has 0 unspecified atom stereocenters. The number of nitrogens with zero attached hydrogens (tertiary/aromatic N) is 1. The Labute approximate surface area is 194 Å². The highest BCUT2D eigenvalue weighted by Gasteiger charge is 2.38. The Morgan fingerprint density at radius 2 is 1.79 bits per heavy atom. The topological polar surface area (TPSA) is 84.9 Å². The van der Waals surface area contributed by atoms with Crippen LogP contribution in [-0.2, 0) is 14.8 Å². The summed E-state index contributed by atoms with van der Waals surface area (Å²) in [6.45, 7) is 3.58. The van der Waals surface area contributed by atoms with Crippen LogP contribution in [0.4, 0.5) is 5.69 Å². The van der Waals surface area contributed by atoms with E-state index in [9.17, 15) is 13.2 Å². The Balaban J connectivity index is 1.64. The molecule has 172 valence electrons. The number of carbonyl (C=O) groups excluding carboxylic acids is 1. The van der Waals surface area contributed by atoms with Crippen molar-refractivity contribution >= 4 is 21.6 Å². The first-order valence-electron chi connectivity index (χ1n) is 10.6. The van der Waals surface area contributed by atoms with Crippen LogP contribution in [0.2, 0.25) is 0 Å². The number of fused-ring (bicyclic) bond motifs is 1. The summed E-state index contributed by atoms with van der Waals surface area (Å²) in [5, 5.41) is 2.93. The third kappa shape index (κ3) is 4.52. The molecule has 7 nitrogen and oxygen atoms in total. The Morgan fingerprint density at radius 3 is 2.52 bits per heavy atom. The normalized spacial score (nSPS) is 16.3. The molecule has 1 heterocycles. The summed E-state index contributed by atoms with van der Waals surface area (Å²) >= 11 is 0. The van der Waals surface area contributed by atoms with Crippen LogP contribution in [0.15, 0.2) is 77.7 Å². The smallest absolute Gasteiger partial charge is 0.264 e. The van der Waals surface area contributed by atoms with Crippen molar-refractivity contribution in [2.45, 2.75) is 30.9 Å². The first-order valence-corrected chi connectivity index (χ1v) is 12.0. The van der Waals surface area contributed by atoms with Crippen molar-refractivity contribution in [3.05, 3.63) is 83.9 Å². The molecule has 3 aromatic rings. The second-order valence-electron chi connectivity index (χ2n) is 7.90. The minimum absolute atomic E-state index is 0.141. The monoisotopic (exact) mass is 466 g/mol. The lowest BCUT2D eigenvalue weighted by Crippen LogP contribution is -2.51. The highest BCUT2D eigenvalue weighted by molar-refractivity contribution is 7.92. The standard InChI is InChI=1S/C25H26N2O5S/c1-17-13-14-23-21(15-17)27(33(29,30)19-9-5-4-6-10-19)16-24(32-23)25(28)26-18(2)20-11-7-8-12-22(20)31-3/h4-15,18,24H,16H2,1-3H3,(H,26,28)/t18-,24-/m1/s1. The number of carbonyl (C=O) groups is 1. The fourth-order valence-corrected chi connectivity index (χ4v) is 5.34. The number of methoxy groups -OCH3 is 1. The second-order valence-corrected chi connectivity index (χ2v) is 9.76. The first-order chi connectivity index (χ1) is 15.8. The Kier molecular flexibility index (Phi) is 6.29. The van der Waals surface area contributed by atoms with Gasteiger partial charge in [-0.05, 0) is 49.7 Å². The van der Waals surface area contributed by atoms with Crippen molar-refractivity contribution in [1.82, 2.24) is 5.32 Å². The van der Waals surface area contributed by atoms with Crippen molar-refractivity contribution in [2.75, 3.05) is 18.0 Å². The van der Waals surface area contributed by atoms with E-state index in [1.165, 1.54) is 4.31 Å². The zero-order valence-electron chi connectivity index (χ0n) is 18.7. The van der Waals surface area contributed by atoms with Crippen molar-refractivity contribution < 1.29 is 22.7 Å². The molecular weight excluding hydrogens is 440 g/mol. The van der Waals surface area contributed by atoms with Gasteiger partial charge < -0.3 is 14.8 Å². The molecule has 0 spiro atoms. The molecule has 0 bridgehead atoms. The minimum atomic E-state index is -3.90. The molecule has 1 N–H and O–H groups in total. The zero-order chi connectivity index (χ0) is 23.6. The fourth-order valence-electron chi connectivity index (χ4n) is 3.85. The lowest BCUT2D eigenvalue weighted by Gasteiger charge is -2.35. The van der Waals surface area contributed by atoms with Crippen LogP contribution in [0, 0.1) is 6.92 Å². The highest BCUT2D eigenvalue weighted by atomic mass is 32.2. The predicted molar refractivity (Wildman–Crippen MR) is 126 cm³/mol. The average Bonchev–Trinajstić information content (AvgIpc) is 2.83. The van der Waals surface area contributed by atoms with Crippen LogP contribution < -0.4 is 19.1 Å². The number of aryl methyl sites for hydroxylation is 1. The number of sulfonamides is 1. The van der Waals surface area contributed by atoms with Gasteiger partial charge in [-0.15, -0.1) is 0 Å². The maximum absolute atomic E-state index is 13.5. The van der Waals surface area contributed by atoms with Gasteiger partial charge in [-0.1, -0.05) is 42.5 Å². The summed E-state index contributed by atoms with van der Waals surface area (Å²) in [7, 11) is -2.32. The highest BCUT2D eigenvalue weighted by Crippen LogP contribution is 2.38. The summed E-state index contributed by atoms with van der Waals surface area (Å²) < 4.78 is 39.6. The Morgan fingerprint density at radius 1 is 1.09 bits per heavy atom. The number of para-hydroxylation sites is 1. The van der Waals surface area contributed by atoms with E-state index < -0.39 is 22.0 Å². The van der Waals surface area contributed by atoms with Gasteiger partial charge in [0.2, 0.25) is 0 Å². The van der Waals surface area contributed by atoms with Gasteiger partial charge in [-0.25, -0.2) is 8.42 Å². The van der Waals surface area contributed by atoms with E-state index in [1.54, 1.807) is 49.6 Å². The summed E-state index contributed by atoms with van der Waals surface area (Å²) in [6, 6.07) is 20.5. The molecule has 4 rings (SSSR count). The van der Waals surface area contributed by atoms with Gasteiger partial charge >= 0.3 is 0 Å². The van der Waals surface area contributed by atoms with Crippen LogP contribution in [-0.4, -0.2) is 34.1 Å². The Bertz CT molecular complexity index is 1260. The average molecular weight is 467 g/mol. The van der Waals surface area contributed by atoms with Gasteiger partial charge in [0, 0.05) is 5.56 Å². The molecular formula is C25H26N2O5S. The number of nitrogens with one attached hydrogen (secondary N) is 1. The molecule has 1 amide bonds. The molecule has 0 radical (unpaired) electrons. The predicted octanol–water partition coefficient (Wildman–Crippen LogP) is 3.84. The summed E-state index contributed by atoms with van der Waals surface area (Å²) in [5.74, 6) is 0.591. The van der Waals surface area contributed by atoms with Crippen LogP contribution in [0.1, 0.15) is 24.1 Å². The molecule has 0 aliphatic carbocycles. The van der Waals surface area contributed by atoms with Crippen LogP contribution in [0.25, 0.3) is 0 Å². The molecule has 0 saturated carbocycles. The number of ether oxygens (including phenoxy) is 2. The van der Waals surface area contributed by atoms with Crippen molar-refractivity contribution in [3.8, 4) is 11.5 Å². The summed E-state index contributed by atoms with van der Waals surface area (Å²) in [4.78, 5) is 13.3.